The molecule has 144 valence electrons. The third kappa shape index (κ3) is 3.57. The lowest BCUT2D eigenvalue weighted by Crippen LogP contribution is -2.46. The average Bonchev–Trinajstić information content (AvgIpc) is 2.74. The summed E-state index contributed by atoms with van der Waals surface area (Å²) in [6.45, 7) is 2.83. The molecule has 0 radical (unpaired) electrons. The number of amides is 1. The summed E-state index contributed by atoms with van der Waals surface area (Å²) in [5.74, 6) is -0.00888. The summed E-state index contributed by atoms with van der Waals surface area (Å²) in [5, 5.41) is 0.548. The van der Waals surface area contributed by atoms with Crippen LogP contribution in [0.5, 0.6) is 0 Å². The van der Waals surface area contributed by atoms with E-state index in [1.54, 1.807) is 6.07 Å². The maximum atomic E-state index is 13.1. The van der Waals surface area contributed by atoms with Crippen molar-refractivity contribution >= 4 is 16.8 Å². The van der Waals surface area contributed by atoms with E-state index in [-0.39, 0.29) is 24.1 Å². The van der Waals surface area contributed by atoms with E-state index in [1.807, 2.05) is 23.1 Å². The fourth-order valence-electron chi connectivity index (χ4n) is 4.15. The van der Waals surface area contributed by atoms with E-state index in [0.29, 0.717) is 17.4 Å². The van der Waals surface area contributed by atoms with Crippen molar-refractivity contribution in [1.29, 1.82) is 0 Å². The number of nitrogens with zero attached hydrogens (tertiary/aromatic N) is 3. The highest BCUT2D eigenvalue weighted by molar-refractivity contribution is 5.79. The van der Waals surface area contributed by atoms with Crippen molar-refractivity contribution in [2.24, 2.45) is 0 Å². The summed E-state index contributed by atoms with van der Waals surface area (Å²) in [6.07, 6.45) is 5.23. The summed E-state index contributed by atoms with van der Waals surface area (Å²) in [6, 6.07) is 15.9. The highest BCUT2D eigenvalue weighted by Gasteiger charge is 2.27. The molecule has 28 heavy (non-hydrogen) atoms. The minimum atomic E-state index is -0.163. The van der Waals surface area contributed by atoms with E-state index < -0.39 is 0 Å². The van der Waals surface area contributed by atoms with Gasteiger partial charge in [0.05, 0.1) is 17.2 Å². The highest BCUT2D eigenvalue weighted by Crippen LogP contribution is 2.25. The van der Waals surface area contributed by atoms with Gasteiger partial charge in [0.1, 0.15) is 6.54 Å². The number of aromatic nitrogens is 2. The fraction of sp³-hybridized carbons (Fsp3) is 0.348. The smallest absolute Gasteiger partial charge is 0.261 e. The molecule has 0 fully saturated rings. The van der Waals surface area contributed by atoms with Crippen LogP contribution in [0.2, 0.25) is 0 Å². The van der Waals surface area contributed by atoms with Gasteiger partial charge in [-0.1, -0.05) is 43.3 Å². The molecule has 1 heterocycles. The summed E-state index contributed by atoms with van der Waals surface area (Å²) in [4.78, 5) is 32.2. The van der Waals surface area contributed by atoms with Gasteiger partial charge in [-0.2, -0.15) is 0 Å². The molecule has 0 saturated heterocycles. The molecule has 0 saturated carbocycles. The zero-order valence-corrected chi connectivity index (χ0v) is 16.2. The van der Waals surface area contributed by atoms with Crippen LogP contribution in [0.15, 0.2) is 59.7 Å². The molecule has 5 nitrogen and oxygen atoms in total. The number of para-hydroxylation sites is 1. The van der Waals surface area contributed by atoms with Gasteiger partial charge in [0, 0.05) is 12.6 Å². The Bertz CT molecular complexity index is 1060. The van der Waals surface area contributed by atoms with Crippen LogP contribution in [0, 0.1) is 0 Å². The molecule has 0 aliphatic heterocycles. The van der Waals surface area contributed by atoms with Crippen LogP contribution >= 0.6 is 0 Å². The van der Waals surface area contributed by atoms with Gasteiger partial charge in [-0.15, -0.1) is 0 Å². The molecular formula is C23H25N3O2. The molecule has 5 heteroatoms. The Morgan fingerprint density at radius 2 is 1.89 bits per heavy atom. The van der Waals surface area contributed by atoms with Gasteiger partial charge in [-0.3, -0.25) is 14.2 Å². The van der Waals surface area contributed by atoms with E-state index >= 15 is 0 Å². The molecule has 1 aliphatic rings. The maximum absolute atomic E-state index is 13.1. The van der Waals surface area contributed by atoms with Gasteiger partial charge in [0.25, 0.3) is 5.56 Å². The standard InChI is InChI=1S/C23H25N3O2/c1-2-13-26(19-12-11-17-7-3-4-8-18(17)14-19)22(27)15-25-16-24-21-10-6-5-9-20(21)23(25)28/h3-10,16,19H,2,11-15H2,1H3. The van der Waals surface area contributed by atoms with Crippen LogP contribution < -0.4 is 5.56 Å². The Morgan fingerprint density at radius 1 is 1.14 bits per heavy atom. The van der Waals surface area contributed by atoms with Crippen LogP contribution in [0.4, 0.5) is 0 Å². The summed E-state index contributed by atoms with van der Waals surface area (Å²) >= 11 is 0. The second-order valence-corrected chi connectivity index (χ2v) is 7.45. The Morgan fingerprint density at radius 3 is 2.71 bits per heavy atom. The van der Waals surface area contributed by atoms with Gasteiger partial charge in [-0.05, 0) is 48.9 Å². The third-order valence-electron chi connectivity index (χ3n) is 5.58. The third-order valence-corrected chi connectivity index (χ3v) is 5.58. The van der Waals surface area contributed by atoms with Crippen molar-refractivity contribution in [2.45, 2.75) is 45.2 Å². The molecule has 2 aromatic carbocycles. The van der Waals surface area contributed by atoms with Crippen LogP contribution in [0.1, 0.15) is 30.9 Å². The van der Waals surface area contributed by atoms with E-state index in [1.165, 1.54) is 22.0 Å². The van der Waals surface area contributed by atoms with Crippen molar-refractivity contribution in [3.8, 4) is 0 Å². The van der Waals surface area contributed by atoms with Crippen molar-refractivity contribution in [2.75, 3.05) is 6.54 Å². The van der Waals surface area contributed by atoms with E-state index in [4.69, 9.17) is 0 Å². The summed E-state index contributed by atoms with van der Waals surface area (Å²) < 4.78 is 1.43. The van der Waals surface area contributed by atoms with E-state index in [2.05, 4.69) is 36.2 Å². The molecule has 1 amide bonds. The van der Waals surface area contributed by atoms with Crippen LogP contribution in [-0.4, -0.2) is 32.9 Å². The molecular weight excluding hydrogens is 350 g/mol. The monoisotopic (exact) mass is 375 g/mol. The van der Waals surface area contributed by atoms with E-state index in [9.17, 15) is 9.59 Å². The predicted molar refractivity (Wildman–Crippen MR) is 110 cm³/mol. The Kier molecular flexibility index (Phi) is 5.24. The van der Waals surface area contributed by atoms with Gasteiger partial charge in [0.2, 0.25) is 5.91 Å². The number of hydrogen-bond donors (Lipinski definition) is 0. The maximum Gasteiger partial charge on any atom is 0.261 e. The molecule has 1 atom stereocenters. The SMILES string of the molecule is CCCN(C(=O)Cn1cnc2ccccc2c1=O)C1CCc2ccccc2C1. The van der Waals surface area contributed by atoms with Gasteiger partial charge >= 0.3 is 0 Å². The highest BCUT2D eigenvalue weighted by atomic mass is 16.2. The number of fused-ring (bicyclic) bond motifs is 2. The first-order valence-electron chi connectivity index (χ1n) is 9.98. The Balaban J connectivity index is 1.56. The molecule has 0 N–H and O–H groups in total. The zero-order valence-electron chi connectivity index (χ0n) is 16.2. The number of aryl methyl sites for hydroxylation is 1. The molecule has 3 aromatic rings. The normalized spacial score (nSPS) is 16.0. The Labute approximate surface area is 164 Å². The number of carbonyl (C=O) groups excluding carboxylic acids is 1. The molecule has 1 aromatic heterocycles. The first-order valence-corrected chi connectivity index (χ1v) is 9.98. The lowest BCUT2D eigenvalue weighted by Gasteiger charge is -2.35. The van der Waals surface area contributed by atoms with Gasteiger partial charge < -0.3 is 4.90 Å². The molecule has 1 unspecified atom stereocenters. The molecule has 0 bridgehead atoms. The number of hydrogen-bond acceptors (Lipinski definition) is 3. The molecule has 0 spiro atoms. The number of rotatable bonds is 5. The minimum absolute atomic E-state index is 0.00888. The minimum Gasteiger partial charge on any atom is -0.338 e. The topological polar surface area (TPSA) is 55.2 Å². The number of carbonyl (C=O) groups is 1. The number of benzene rings is 2. The summed E-state index contributed by atoms with van der Waals surface area (Å²) in [7, 11) is 0. The predicted octanol–water partition coefficient (Wildman–Crippen LogP) is 3.19. The molecule has 1 aliphatic carbocycles. The van der Waals surface area contributed by atoms with Gasteiger partial charge in [-0.25, -0.2) is 4.98 Å². The Hall–Kier alpha value is -2.95. The van der Waals surface area contributed by atoms with Crippen molar-refractivity contribution < 1.29 is 4.79 Å². The second kappa shape index (κ2) is 7.97. The first-order chi connectivity index (χ1) is 13.7. The van der Waals surface area contributed by atoms with Crippen molar-refractivity contribution in [3.63, 3.8) is 0 Å². The van der Waals surface area contributed by atoms with Crippen LogP contribution in [0.3, 0.4) is 0 Å². The fourth-order valence-corrected chi connectivity index (χ4v) is 4.15. The first kappa shape index (κ1) is 18.4. The summed E-state index contributed by atoms with van der Waals surface area (Å²) in [5.41, 5.74) is 3.21. The largest absolute Gasteiger partial charge is 0.338 e. The van der Waals surface area contributed by atoms with Crippen molar-refractivity contribution in [1.82, 2.24) is 14.5 Å². The lowest BCUT2D eigenvalue weighted by molar-refractivity contribution is -0.134. The lowest BCUT2D eigenvalue weighted by atomic mass is 9.87. The van der Waals surface area contributed by atoms with Crippen molar-refractivity contribution in [3.05, 3.63) is 76.3 Å². The van der Waals surface area contributed by atoms with E-state index in [0.717, 1.165) is 25.7 Å². The average molecular weight is 375 g/mol. The van der Waals surface area contributed by atoms with Gasteiger partial charge in [0.15, 0.2) is 0 Å². The quantitative estimate of drug-likeness (QED) is 0.688. The van der Waals surface area contributed by atoms with Crippen LogP contribution in [0.25, 0.3) is 10.9 Å². The zero-order chi connectivity index (χ0) is 19.5. The molecule has 4 rings (SSSR count). The second-order valence-electron chi connectivity index (χ2n) is 7.45. The van der Waals surface area contributed by atoms with Crippen LogP contribution in [-0.2, 0) is 24.2 Å².